The Bertz CT molecular complexity index is 615. The Labute approximate surface area is 117 Å². The molecule has 0 unspecified atom stereocenters. The Kier molecular flexibility index (Phi) is 3.93. The molecular weight excluding hydrogens is 258 g/mol. The van der Waals surface area contributed by atoms with E-state index in [2.05, 4.69) is 15.5 Å². The van der Waals surface area contributed by atoms with Crippen LogP contribution in [0, 0.1) is 13.8 Å². The summed E-state index contributed by atoms with van der Waals surface area (Å²) in [6, 6.07) is 5.02. The summed E-state index contributed by atoms with van der Waals surface area (Å²) in [5, 5.41) is 9.70. The first-order valence-corrected chi connectivity index (χ1v) is 6.11. The molecule has 1 heterocycles. The number of aromatic nitrogens is 2. The molecule has 1 aromatic carbocycles. The number of carbonyl (C=O) groups is 1. The molecule has 2 N–H and O–H groups in total. The molecule has 106 valence electrons. The number of amides is 1. The maximum Gasteiger partial charge on any atom is 0.255 e. The van der Waals surface area contributed by atoms with Crippen molar-refractivity contribution in [3.63, 3.8) is 0 Å². The van der Waals surface area contributed by atoms with Crippen molar-refractivity contribution in [1.29, 1.82) is 0 Å². The second-order valence-corrected chi connectivity index (χ2v) is 4.33. The van der Waals surface area contributed by atoms with Crippen LogP contribution >= 0.6 is 0 Å². The molecule has 6 nitrogen and oxygen atoms in total. The molecule has 0 saturated heterocycles. The van der Waals surface area contributed by atoms with Crippen LogP contribution in [0.25, 0.3) is 0 Å². The number of nitrogens with zero attached hydrogens (tertiary/aromatic N) is 1. The van der Waals surface area contributed by atoms with E-state index in [1.165, 1.54) is 7.11 Å². The molecule has 1 aromatic heterocycles. The summed E-state index contributed by atoms with van der Waals surface area (Å²) < 4.78 is 10.3. The summed E-state index contributed by atoms with van der Waals surface area (Å²) in [6.45, 7) is 3.68. The quantitative estimate of drug-likeness (QED) is 0.897. The van der Waals surface area contributed by atoms with Gasteiger partial charge in [-0.1, -0.05) is 0 Å². The third-order valence-electron chi connectivity index (χ3n) is 3.01. The van der Waals surface area contributed by atoms with Gasteiger partial charge in [-0.3, -0.25) is 9.89 Å². The second-order valence-electron chi connectivity index (χ2n) is 4.33. The molecule has 0 saturated carbocycles. The third-order valence-corrected chi connectivity index (χ3v) is 3.01. The number of ether oxygens (including phenoxy) is 2. The number of nitrogens with one attached hydrogen (secondary N) is 2. The van der Waals surface area contributed by atoms with Crippen LogP contribution in [0.3, 0.4) is 0 Å². The average molecular weight is 275 g/mol. The number of aryl methyl sites for hydroxylation is 2. The lowest BCUT2D eigenvalue weighted by Crippen LogP contribution is -2.13. The van der Waals surface area contributed by atoms with Crippen LogP contribution in [0.15, 0.2) is 18.2 Å². The van der Waals surface area contributed by atoms with E-state index >= 15 is 0 Å². The van der Waals surface area contributed by atoms with Crippen molar-refractivity contribution in [3.05, 3.63) is 35.2 Å². The minimum Gasteiger partial charge on any atom is -0.493 e. The smallest absolute Gasteiger partial charge is 0.255 e. The molecule has 0 aliphatic heterocycles. The van der Waals surface area contributed by atoms with Gasteiger partial charge in [0.05, 0.1) is 31.3 Å². The Morgan fingerprint density at radius 3 is 2.45 bits per heavy atom. The predicted molar refractivity (Wildman–Crippen MR) is 75.6 cm³/mol. The van der Waals surface area contributed by atoms with Crippen molar-refractivity contribution >= 4 is 11.6 Å². The number of aromatic amines is 1. The van der Waals surface area contributed by atoms with E-state index in [0.29, 0.717) is 22.7 Å². The lowest BCUT2D eigenvalue weighted by Gasteiger charge is -2.10. The normalized spacial score (nSPS) is 10.2. The number of anilines is 1. The molecule has 20 heavy (non-hydrogen) atoms. The van der Waals surface area contributed by atoms with Gasteiger partial charge >= 0.3 is 0 Å². The van der Waals surface area contributed by atoms with E-state index < -0.39 is 0 Å². The van der Waals surface area contributed by atoms with Gasteiger partial charge in [0.1, 0.15) is 0 Å². The average Bonchev–Trinajstić information content (AvgIpc) is 2.78. The number of carbonyl (C=O) groups excluding carboxylic acids is 1. The Balaban J connectivity index is 2.26. The fourth-order valence-electron chi connectivity index (χ4n) is 1.90. The Morgan fingerprint density at radius 1 is 1.20 bits per heavy atom. The first kappa shape index (κ1) is 13.9. The van der Waals surface area contributed by atoms with E-state index in [1.54, 1.807) is 25.3 Å². The fraction of sp³-hybridized carbons (Fsp3) is 0.286. The molecule has 0 radical (unpaired) electrons. The van der Waals surface area contributed by atoms with Gasteiger partial charge in [-0.15, -0.1) is 0 Å². The molecule has 1 amide bonds. The maximum atomic E-state index is 12.2. The summed E-state index contributed by atoms with van der Waals surface area (Å²) in [7, 11) is 3.08. The van der Waals surface area contributed by atoms with Crippen LogP contribution in [0.1, 0.15) is 21.7 Å². The standard InChI is InChI=1S/C14H17N3O3/c1-8-13(9(2)17-16-8)15-14(18)10-5-6-11(19-3)12(7-10)20-4/h5-7H,1-4H3,(H,15,18)(H,16,17). The molecule has 0 atom stereocenters. The van der Waals surface area contributed by atoms with Crippen molar-refractivity contribution in [2.24, 2.45) is 0 Å². The molecule has 2 aromatic rings. The van der Waals surface area contributed by atoms with Crippen LogP contribution in [-0.2, 0) is 0 Å². The highest BCUT2D eigenvalue weighted by molar-refractivity contribution is 6.05. The Hall–Kier alpha value is -2.50. The van der Waals surface area contributed by atoms with Gasteiger partial charge in [0.15, 0.2) is 11.5 Å². The first-order valence-electron chi connectivity index (χ1n) is 6.11. The van der Waals surface area contributed by atoms with E-state index in [0.717, 1.165) is 11.4 Å². The highest BCUT2D eigenvalue weighted by atomic mass is 16.5. The topological polar surface area (TPSA) is 76.2 Å². The molecule has 6 heteroatoms. The molecule has 0 fully saturated rings. The molecule has 0 aliphatic rings. The lowest BCUT2D eigenvalue weighted by atomic mass is 10.1. The number of hydrogen-bond acceptors (Lipinski definition) is 4. The number of hydrogen-bond donors (Lipinski definition) is 2. The van der Waals surface area contributed by atoms with Gasteiger partial charge in [0.25, 0.3) is 5.91 Å². The van der Waals surface area contributed by atoms with E-state index in [-0.39, 0.29) is 5.91 Å². The highest BCUT2D eigenvalue weighted by Crippen LogP contribution is 2.28. The van der Waals surface area contributed by atoms with Crippen molar-refractivity contribution in [1.82, 2.24) is 10.2 Å². The van der Waals surface area contributed by atoms with Crippen LogP contribution in [0.2, 0.25) is 0 Å². The summed E-state index contributed by atoms with van der Waals surface area (Å²) in [5.74, 6) is 0.874. The molecular formula is C14H17N3O3. The van der Waals surface area contributed by atoms with Crippen LogP contribution in [0.5, 0.6) is 11.5 Å². The predicted octanol–water partition coefficient (Wildman–Crippen LogP) is 2.30. The molecule has 0 spiro atoms. The SMILES string of the molecule is COc1ccc(C(=O)Nc2c(C)n[nH]c2C)cc1OC. The van der Waals surface area contributed by atoms with Crippen LogP contribution in [-0.4, -0.2) is 30.3 Å². The van der Waals surface area contributed by atoms with Gasteiger partial charge in [-0.25, -0.2) is 0 Å². The fourth-order valence-corrected chi connectivity index (χ4v) is 1.90. The van der Waals surface area contributed by atoms with Crippen molar-refractivity contribution < 1.29 is 14.3 Å². The van der Waals surface area contributed by atoms with Gasteiger partial charge in [0, 0.05) is 5.56 Å². The van der Waals surface area contributed by atoms with E-state index in [4.69, 9.17) is 9.47 Å². The summed E-state index contributed by atoms with van der Waals surface area (Å²) in [6.07, 6.45) is 0. The van der Waals surface area contributed by atoms with E-state index in [9.17, 15) is 4.79 Å². The van der Waals surface area contributed by atoms with Crippen molar-refractivity contribution in [2.45, 2.75) is 13.8 Å². The number of benzene rings is 1. The van der Waals surface area contributed by atoms with Gasteiger partial charge < -0.3 is 14.8 Å². The van der Waals surface area contributed by atoms with Crippen LogP contribution in [0.4, 0.5) is 5.69 Å². The molecule has 0 bridgehead atoms. The summed E-state index contributed by atoms with van der Waals surface area (Å²) in [5.41, 5.74) is 2.75. The largest absolute Gasteiger partial charge is 0.493 e. The zero-order valence-corrected chi connectivity index (χ0v) is 11.9. The van der Waals surface area contributed by atoms with Gasteiger partial charge in [-0.05, 0) is 32.0 Å². The Morgan fingerprint density at radius 2 is 1.90 bits per heavy atom. The minimum absolute atomic E-state index is 0.224. The summed E-state index contributed by atoms with van der Waals surface area (Å²) in [4.78, 5) is 12.2. The van der Waals surface area contributed by atoms with E-state index in [1.807, 2.05) is 13.8 Å². The number of methoxy groups -OCH3 is 2. The van der Waals surface area contributed by atoms with Crippen LogP contribution < -0.4 is 14.8 Å². The highest BCUT2D eigenvalue weighted by Gasteiger charge is 2.14. The monoisotopic (exact) mass is 275 g/mol. The minimum atomic E-state index is -0.224. The van der Waals surface area contributed by atoms with Crippen molar-refractivity contribution in [2.75, 3.05) is 19.5 Å². The van der Waals surface area contributed by atoms with Gasteiger partial charge in [0.2, 0.25) is 0 Å². The molecule has 2 rings (SSSR count). The third kappa shape index (κ3) is 2.59. The zero-order chi connectivity index (χ0) is 14.7. The zero-order valence-electron chi connectivity index (χ0n) is 11.9. The second kappa shape index (κ2) is 5.64. The molecule has 0 aliphatic carbocycles. The number of H-pyrrole nitrogens is 1. The summed E-state index contributed by atoms with van der Waals surface area (Å²) >= 11 is 0. The number of rotatable bonds is 4. The lowest BCUT2D eigenvalue weighted by molar-refractivity contribution is 0.102. The van der Waals surface area contributed by atoms with Crippen molar-refractivity contribution in [3.8, 4) is 11.5 Å². The first-order chi connectivity index (χ1) is 9.56. The van der Waals surface area contributed by atoms with Gasteiger partial charge in [-0.2, -0.15) is 5.10 Å². The maximum absolute atomic E-state index is 12.2.